The van der Waals surface area contributed by atoms with Gasteiger partial charge in [-0.05, 0) is 67.7 Å². The maximum Gasteiger partial charge on any atom is 0.221 e. The summed E-state index contributed by atoms with van der Waals surface area (Å²) in [4.78, 5) is 67.6. The first-order chi connectivity index (χ1) is 34.8. The first-order valence-corrected chi connectivity index (χ1v) is 24.9. The number of allylic oxidation sites excluding steroid dienone is 1. The number of aromatic amines is 1. The molecule has 1 radical (unpaired) electrons. The predicted octanol–water partition coefficient (Wildman–Crippen LogP) is 11.8. The smallest absolute Gasteiger partial charge is 0.221 e. The second kappa shape index (κ2) is 33.4. The van der Waals surface area contributed by atoms with Crippen LogP contribution in [0.3, 0.4) is 0 Å². The fourth-order valence-electron chi connectivity index (χ4n) is 5.90. The maximum absolute atomic E-state index is 12.1. The Kier molecular flexibility index (Phi) is 30.0. The molecule has 405 valence electrons. The number of ether oxygens (including phenoxy) is 4. The van der Waals surface area contributed by atoms with Crippen molar-refractivity contribution in [2.45, 2.75) is 115 Å². The Hall–Kier alpha value is -5.62. The summed E-state index contributed by atoms with van der Waals surface area (Å²) in [5, 5.41) is 0.244. The van der Waals surface area contributed by atoms with Crippen molar-refractivity contribution in [1.29, 1.82) is 0 Å². The monoisotopic (exact) mass is 1150 g/mol. The van der Waals surface area contributed by atoms with Gasteiger partial charge in [0.2, 0.25) is 11.7 Å². The van der Waals surface area contributed by atoms with Gasteiger partial charge in [0.15, 0.2) is 34.5 Å². The second-order valence-corrected chi connectivity index (χ2v) is 19.3. The number of anilines is 2. The minimum absolute atomic E-state index is 0. The molecule has 17 nitrogen and oxygen atoms in total. The van der Waals surface area contributed by atoms with E-state index in [1.807, 2.05) is 40.7 Å². The topological polar surface area (TPSA) is 246 Å². The van der Waals surface area contributed by atoms with Gasteiger partial charge < -0.3 is 42.3 Å². The number of hydrogen-bond donors (Lipinski definition) is 3. The van der Waals surface area contributed by atoms with E-state index >= 15 is 0 Å². The number of methoxy groups -OCH3 is 2. The van der Waals surface area contributed by atoms with E-state index in [9.17, 15) is 14.4 Å². The number of H-pyrrole nitrogens is 1. The number of nitrogen functional groups attached to an aromatic ring is 2. The van der Waals surface area contributed by atoms with Crippen LogP contribution in [0.15, 0.2) is 61.2 Å². The van der Waals surface area contributed by atoms with Crippen molar-refractivity contribution >= 4 is 63.5 Å². The predicted molar refractivity (Wildman–Crippen MR) is 296 cm³/mol. The number of carbonyl (C=O) groups excluding carboxylic acids is 3. The van der Waals surface area contributed by atoms with Crippen LogP contribution in [0.4, 0.5) is 11.8 Å². The SMILES string of the molecule is C=C(CC)C(=O)c1ccc(OCC(=O)C(C)C)c(Cl)c1Cl.COc1cc(Cc2cnc(N)nc2N)cc(OC)c1OCC(=O)C(C)C.Cc1ccnc(C(C)C)n1.Cc1nc(C(C)C)c2[nH]cnc2n1.[CH2-]C(C)C.[Y]. The summed E-state index contributed by atoms with van der Waals surface area (Å²) in [5.74, 6) is 4.64. The van der Waals surface area contributed by atoms with Crippen LogP contribution in [0.2, 0.25) is 10.0 Å². The maximum atomic E-state index is 12.1. The normalized spacial score (nSPS) is 10.5. The summed E-state index contributed by atoms with van der Waals surface area (Å²) in [6.45, 7) is 32.7. The van der Waals surface area contributed by atoms with Crippen molar-refractivity contribution in [3.8, 4) is 23.0 Å². The number of benzene rings is 2. The zero-order chi connectivity index (χ0) is 56.0. The number of ketones is 3. The Labute approximate surface area is 478 Å². The van der Waals surface area contributed by atoms with Gasteiger partial charge in [-0.3, -0.25) is 14.4 Å². The number of aryl methyl sites for hydroxylation is 2. The van der Waals surface area contributed by atoms with Gasteiger partial charge in [0.25, 0.3) is 0 Å². The van der Waals surface area contributed by atoms with Crippen molar-refractivity contribution in [2.24, 2.45) is 17.8 Å². The van der Waals surface area contributed by atoms with Crippen LogP contribution in [0.25, 0.3) is 11.2 Å². The summed E-state index contributed by atoms with van der Waals surface area (Å²) >= 11 is 12.2. The molecule has 20 heteroatoms. The fraction of sp³-hybridized carbons (Fsp3) is 0.436. The largest absolute Gasteiger partial charge is 0.493 e. The Bertz CT molecular complexity index is 2780. The van der Waals surface area contributed by atoms with Crippen molar-refractivity contribution in [3.05, 3.63) is 118 Å². The van der Waals surface area contributed by atoms with Crippen molar-refractivity contribution in [3.63, 3.8) is 0 Å². The van der Waals surface area contributed by atoms with Crippen LogP contribution in [0.1, 0.15) is 139 Å². The number of nitrogens with one attached hydrogen (secondary N) is 1. The summed E-state index contributed by atoms with van der Waals surface area (Å²) in [7, 11) is 3.05. The molecule has 75 heavy (non-hydrogen) atoms. The molecule has 2 aromatic carbocycles. The van der Waals surface area contributed by atoms with Crippen molar-refractivity contribution in [2.75, 3.05) is 38.9 Å². The van der Waals surface area contributed by atoms with Gasteiger partial charge >= 0.3 is 0 Å². The van der Waals surface area contributed by atoms with E-state index in [0.29, 0.717) is 59.2 Å². The van der Waals surface area contributed by atoms with Gasteiger partial charge in [0, 0.05) is 86.1 Å². The number of nitrogens with zero attached hydrogens (tertiary/aromatic N) is 7. The molecule has 0 unspecified atom stereocenters. The van der Waals surface area contributed by atoms with Gasteiger partial charge in [-0.25, -0.2) is 29.9 Å². The van der Waals surface area contributed by atoms with Crippen LogP contribution in [-0.2, 0) is 48.7 Å². The van der Waals surface area contributed by atoms with E-state index < -0.39 is 0 Å². The molecule has 0 aliphatic heterocycles. The molecule has 4 aromatic heterocycles. The Balaban J connectivity index is 0.000000511. The molecule has 0 saturated heterocycles. The first-order valence-electron chi connectivity index (χ1n) is 24.2. The standard InChI is InChI=1S/C18H24N4O4.C16H18Cl2O3.C9H12N4.C8H12N2.C4H9.Y/c1-10(2)13(23)9-26-16-14(24-3)6-11(7-15(16)25-4)5-12-8-21-18(20)22-17(12)19;1-5-10(4)16(20)11-6-7-13(15(18)14(11)17)21-8-12(19)9(2)3;1-5(2)7-8-9(11-4-10-8)13-6(3)12-7;1-6(2)8-9-5-4-7(3)10-8;1-4(2)3;/h6-8,10H,5,9H2,1-4H3,(H4,19,20,21,22);6-7,9H,4-5,8H2,1-3H3;4-5H,1-3H3,(H,10,11,12,13);4-6H,1-3H3;4H,1H2,2-3H3;/q;;;;-1;. The van der Waals surface area contributed by atoms with Crippen LogP contribution in [-0.4, -0.2) is 84.7 Å². The average Bonchev–Trinajstić information content (AvgIpc) is 3.82. The number of aromatic nitrogens is 8. The third-order valence-electron chi connectivity index (χ3n) is 10.2. The number of Topliss-reactive ketones (excluding diaryl/α,β-unsaturated/α-hetero) is 3. The van der Waals surface area contributed by atoms with Gasteiger partial charge in [-0.2, -0.15) is 10.9 Å². The molecule has 6 aromatic rings. The molecule has 0 amide bonds. The van der Waals surface area contributed by atoms with E-state index in [4.69, 9.17) is 53.6 Å². The molecule has 0 fully saturated rings. The summed E-state index contributed by atoms with van der Waals surface area (Å²) < 4.78 is 21.8. The van der Waals surface area contributed by atoms with Crippen LogP contribution >= 0.6 is 23.2 Å². The molecule has 4 heterocycles. The minimum atomic E-state index is -0.241. The number of imidazole rings is 1. The average molecular weight is 1150 g/mol. The van der Waals surface area contributed by atoms with Gasteiger partial charge in [-0.1, -0.05) is 106 Å². The van der Waals surface area contributed by atoms with Gasteiger partial charge in [0.05, 0.1) is 31.3 Å². The van der Waals surface area contributed by atoms with E-state index in [-0.39, 0.29) is 102 Å². The summed E-state index contributed by atoms with van der Waals surface area (Å²) in [5.41, 5.74) is 17.6. The second-order valence-electron chi connectivity index (χ2n) is 18.5. The van der Waals surface area contributed by atoms with Gasteiger partial charge in [0.1, 0.15) is 47.0 Å². The van der Waals surface area contributed by atoms with Crippen molar-refractivity contribution < 1.29 is 66.0 Å². The van der Waals surface area contributed by atoms with Crippen LogP contribution in [0, 0.1) is 38.5 Å². The van der Waals surface area contributed by atoms with E-state index in [1.54, 1.807) is 44.7 Å². The number of halogens is 2. The third-order valence-corrected chi connectivity index (χ3v) is 11.1. The van der Waals surface area contributed by atoms with Crippen molar-refractivity contribution in [1.82, 2.24) is 39.9 Å². The Morgan fingerprint density at radius 1 is 0.760 bits per heavy atom. The fourth-order valence-corrected chi connectivity index (χ4v) is 6.36. The third kappa shape index (κ3) is 22.2. The minimum Gasteiger partial charge on any atom is -0.493 e. The van der Waals surface area contributed by atoms with E-state index in [0.717, 1.165) is 45.3 Å². The molecule has 0 aliphatic rings. The number of fused-ring (bicyclic) bond motifs is 1. The summed E-state index contributed by atoms with van der Waals surface area (Å²) in [6, 6.07) is 8.58. The zero-order valence-electron chi connectivity index (χ0n) is 46.2. The zero-order valence-corrected chi connectivity index (χ0v) is 50.6. The van der Waals surface area contributed by atoms with Gasteiger partial charge in [-0.15, -0.1) is 0 Å². The molecule has 0 saturated carbocycles. The van der Waals surface area contributed by atoms with Crippen LogP contribution < -0.4 is 30.4 Å². The quantitative estimate of drug-likeness (QED) is 0.0436. The molecule has 0 bridgehead atoms. The Morgan fingerprint density at radius 3 is 1.81 bits per heavy atom. The molecule has 0 spiro atoms. The molecule has 0 aliphatic carbocycles. The first kappa shape index (κ1) is 67.4. The molecular weight excluding hydrogens is 1070 g/mol. The number of rotatable bonds is 17. The Morgan fingerprint density at radius 2 is 1.33 bits per heavy atom. The molecular formula is C55H75Cl2N10O7Y-. The van der Waals surface area contributed by atoms with E-state index in [1.165, 1.54) is 26.4 Å². The van der Waals surface area contributed by atoms with E-state index in [2.05, 4.69) is 94.9 Å². The van der Waals surface area contributed by atoms with Crippen LogP contribution in [0.5, 0.6) is 23.0 Å². The molecule has 0 atom stereocenters. The molecule has 5 N–H and O–H groups in total. The number of carbonyl (C=O) groups is 3. The number of nitrogens with two attached hydrogens (primary N) is 2. The number of hydrogen-bond acceptors (Lipinski definition) is 16. The molecule has 6 rings (SSSR count). The summed E-state index contributed by atoms with van der Waals surface area (Å²) in [6.07, 6.45) is 6.04.